The van der Waals surface area contributed by atoms with Crippen LogP contribution in [0.3, 0.4) is 0 Å². The molecule has 0 radical (unpaired) electrons. The van der Waals surface area contributed by atoms with Gasteiger partial charge < -0.3 is 9.84 Å². The van der Waals surface area contributed by atoms with Gasteiger partial charge in [0.25, 0.3) is 6.08 Å². The highest BCUT2D eigenvalue weighted by molar-refractivity contribution is 5.70. The Balaban J connectivity index is 2.34. The molecule has 1 unspecified atom stereocenters. The lowest BCUT2D eigenvalue weighted by molar-refractivity contribution is -0.136. The number of ether oxygens (including phenoxy) is 1. The predicted octanol–water partition coefficient (Wildman–Crippen LogP) is 4.62. The maximum atomic E-state index is 14.3. The number of aliphatic carboxylic acids is 1. The third-order valence-corrected chi connectivity index (χ3v) is 3.89. The molecule has 1 N–H and O–H groups in total. The van der Waals surface area contributed by atoms with Crippen molar-refractivity contribution in [1.82, 2.24) is 0 Å². The number of benzene rings is 2. The van der Waals surface area contributed by atoms with E-state index in [4.69, 9.17) is 5.11 Å². The van der Waals surface area contributed by atoms with Gasteiger partial charge in [-0.2, -0.15) is 8.78 Å². The Morgan fingerprint density at radius 2 is 1.68 bits per heavy atom. The summed E-state index contributed by atoms with van der Waals surface area (Å²) in [6.07, 6.45) is -2.09. The quantitative estimate of drug-likeness (QED) is 0.421. The summed E-state index contributed by atoms with van der Waals surface area (Å²) >= 11 is 0. The molecule has 28 heavy (non-hydrogen) atoms. The Bertz CT molecular complexity index is 880. The Morgan fingerprint density at radius 3 is 2.14 bits per heavy atom. The Morgan fingerprint density at radius 1 is 1.11 bits per heavy atom. The van der Waals surface area contributed by atoms with Crippen molar-refractivity contribution in [2.24, 2.45) is 0 Å². The smallest absolute Gasteiger partial charge is 0.308 e. The fourth-order valence-corrected chi connectivity index (χ4v) is 2.70. The number of halogens is 4. The summed E-state index contributed by atoms with van der Waals surface area (Å²) in [6, 6.07) is 7.40. The summed E-state index contributed by atoms with van der Waals surface area (Å²) in [4.78, 5) is 21.6. The van der Waals surface area contributed by atoms with Crippen molar-refractivity contribution in [1.29, 1.82) is 0 Å². The number of carboxylic acid groups (broad SMARTS) is 1. The minimum absolute atomic E-state index is 0.237. The topological polar surface area (TPSA) is 63.6 Å². The standard InChI is InChI=1S/C20H16F4O4/c1-11(25)28-15-9-17(21)16(18(22)10-15)7-14(8-19(23)24)13-4-2-12(3-5-13)6-20(26)27/h2-5,8-10,14H,6-7H2,1H3,(H,26,27). The Kier molecular flexibility index (Phi) is 6.92. The molecule has 4 nitrogen and oxygen atoms in total. The first-order chi connectivity index (χ1) is 13.2. The van der Waals surface area contributed by atoms with Crippen LogP contribution in [0.1, 0.15) is 29.5 Å². The first kappa shape index (κ1) is 21.1. The van der Waals surface area contributed by atoms with Crippen LogP contribution in [0, 0.1) is 11.6 Å². The van der Waals surface area contributed by atoms with Crippen LogP contribution in [-0.2, 0) is 22.4 Å². The highest BCUT2D eigenvalue weighted by Crippen LogP contribution is 2.29. The van der Waals surface area contributed by atoms with Gasteiger partial charge in [-0.25, -0.2) is 8.78 Å². The molecule has 2 aromatic carbocycles. The number of esters is 1. The third-order valence-electron chi connectivity index (χ3n) is 3.89. The summed E-state index contributed by atoms with van der Waals surface area (Å²) in [7, 11) is 0. The van der Waals surface area contributed by atoms with Crippen molar-refractivity contribution in [3.05, 3.63) is 76.9 Å². The molecule has 0 aromatic heterocycles. The lowest BCUT2D eigenvalue weighted by atomic mass is 9.90. The second kappa shape index (κ2) is 9.16. The van der Waals surface area contributed by atoms with Gasteiger partial charge >= 0.3 is 11.9 Å². The number of allylic oxidation sites excluding steroid dienone is 1. The van der Waals surface area contributed by atoms with E-state index in [1.54, 1.807) is 0 Å². The van der Waals surface area contributed by atoms with Crippen LogP contribution >= 0.6 is 0 Å². The van der Waals surface area contributed by atoms with E-state index < -0.39 is 47.6 Å². The largest absolute Gasteiger partial charge is 0.481 e. The van der Waals surface area contributed by atoms with Crippen LogP contribution in [0.4, 0.5) is 17.6 Å². The van der Waals surface area contributed by atoms with E-state index in [9.17, 15) is 27.2 Å². The summed E-state index contributed by atoms with van der Waals surface area (Å²) < 4.78 is 58.9. The molecule has 0 saturated carbocycles. The predicted molar refractivity (Wildman–Crippen MR) is 92.2 cm³/mol. The van der Waals surface area contributed by atoms with Gasteiger partial charge in [-0.05, 0) is 23.6 Å². The molecule has 0 bridgehead atoms. The van der Waals surface area contributed by atoms with E-state index in [1.165, 1.54) is 24.3 Å². The minimum Gasteiger partial charge on any atom is -0.481 e. The van der Waals surface area contributed by atoms with Gasteiger partial charge in [0.2, 0.25) is 0 Å². The van der Waals surface area contributed by atoms with Crippen LogP contribution < -0.4 is 4.74 Å². The number of hydrogen-bond donors (Lipinski definition) is 1. The SMILES string of the molecule is CC(=O)Oc1cc(F)c(CC(C=C(F)F)c2ccc(CC(=O)O)cc2)c(F)c1. The second-order valence-electron chi connectivity index (χ2n) is 6.04. The average molecular weight is 396 g/mol. The Labute approximate surface area is 158 Å². The number of rotatable bonds is 7. The fraction of sp³-hybridized carbons (Fsp3) is 0.200. The molecule has 1 atom stereocenters. The van der Waals surface area contributed by atoms with Crippen molar-refractivity contribution >= 4 is 11.9 Å². The van der Waals surface area contributed by atoms with Gasteiger partial charge in [0.1, 0.15) is 17.4 Å². The number of carbonyl (C=O) groups excluding carboxylic acids is 1. The van der Waals surface area contributed by atoms with E-state index in [-0.39, 0.29) is 12.2 Å². The fourth-order valence-electron chi connectivity index (χ4n) is 2.70. The first-order valence-electron chi connectivity index (χ1n) is 8.15. The van der Waals surface area contributed by atoms with Crippen molar-refractivity contribution in [3.63, 3.8) is 0 Å². The zero-order chi connectivity index (χ0) is 20.8. The van der Waals surface area contributed by atoms with Gasteiger partial charge in [0.15, 0.2) is 0 Å². The van der Waals surface area contributed by atoms with Crippen LogP contribution in [-0.4, -0.2) is 17.0 Å². The van der Waals surface area contributed by atoms with Crippen molar-refractivity contribution in [2.75, 3.05) is 0 Å². The normalized spacial score (nSPS) is 11.6. The second-order valence-corrected chi connectivity index (χ2v) is 6.04. The molecule has 0 aliphatic carbocycles. The van der Waals surface area contributed by atoms with Gasteiger partial charge in [-0.3, -0.25) is 9.59 Å². The summed E-state index contributed by atoms with van der Waals surface area (Å²) in [5.74, 6) is -5.24. The van der Waals surface area contributed by atoms with Gasteiger partial charge in [-0.15, -0.1) is 0 Å². The monoisotopic (exact) mass is 396 g/mol. The van der Waals surface area contributed by atoms with Crippen molar-refractivity contribution in [2.45, 2.75) is 25.7 Å². The van der Waals surface area contributed by atoms with Gasteiger partial charge in [-0.1, -0.05) is 24.3 Å². The molecular formula is C20H16F4O4. The van der Waals surface area contributed by atoms with Crippen LogP contribution in [0.15, 0.2) is 48.6 Å². The van der Waals surface area contributed by atoms with E-state index in [2.05, 4.69) is 4.74 Å². The summed E-state index contributed by atoms with van der Waals surface area (Å²) in [5, 5.41) is 8.77. The minimum atomic E-state index is -2.02. The maximum Gasteiger partial charge on any atom is 0.308 e. The lowest BCUT2D eigenvalue weighted by Crippen LogP contribution is -2.08. The van der Waals surface area contributed by atoms with Crippen LogP contribution in [0.25, 0.3) is 0 Å². The first-order valence-corrected chi connectivity index (χ1v) is 8.15. The van der Waals surface area contributed by atoms with E-state index >= 15 is 0 Å². The van der Waals surface area contributed by atoms with E-state index in [0.717, 1.165) is 19.1 Å². The molecule has 2 rings (SSSR count). The molecule has 0 amide bonds. The summed E-state index contributed by atoms with van der Waals surface area (Å²) in [6.45, 7) is 1.07. The molecule has 0 saturated heterocycles. The Hall–Kier alpha value is -3.16. The molecule has 148 valence electrons. The van der Waals surface area contributed by atoms with Gasteiger partial charge in [0, 0.05) is 30.5 Å². The lowest BCUT2D eigenvalue weighted by Gasteiger charge is -2.15. The van der Waals surface area contributed by atoms with Crippen molar-refractivity contribution in [3.8, 4) is 5.75 Å². The molecule has 8 heteroatoms. The average Bonchev–Trinajstić information content (AvgIpc) is 2.56. The maximum absolute atomic E-state index is 14.3. The zero-order valence-electron chi connectivity index (χ0n) is 14.7. The summed E-state index contributed by atoms with van der Waals surface area (Å²) in [5.41, 5.74) is 0.362. The van der Waals surface area contributed by atoms with Gasteiger partial charge in [0.05, 0.1) is 6.42 Å². The molecule has 0 spiro atoms. The number of carboxylic acids is 1. The molecule has 0 heterocycles. The van der Waals surface area contributed by atoms with E-state index in [1.807, 2.05) is 0 Å². The van der Waals surface area contributed by atoms with Crippen LogP contribution in [0.5, 0.6) is 5.75 Å². The number of carbonyl (C=O) groups is 2. The number of hydrogen-bond acceptors (Lipinski definition) is 3. The van der Waals surface area contributed by atoms with E-state index in [0.29, 0.717) is 17.2 Å². The molecule has 0 fully saturated rings. The molecule has 0 aliphatic heterocycles. The van der Waals surface area contributed by atoms with Crippen molar-refractivity contribution < 1.29 is 37.0 Å². The molecular weight excluding hydrogens is 380 g/mol. The zero-order valence-corrected chi connectivity index (χ0v) is 14.7. The highest BCUT2D eigenvalue weighted by Gasteiger charge is 2.19. The highest BCUT2D eigenvalue weighted by atomic mass is 19.3. The molecule has 0 aliphatic rings. The molecule has 2 aromatic rings. The third kappa shape index (κ3) is 5.94. The van der Waals surface area contributed by atoms with Crippen LogP contribution in [0.2, 0.25) is 0 Å².